The van der Waals surface area contributed by atoms with Crippen LogP contribution < -0.4 is 11.3 Å². The lowest BCUT2D eigenvalue weighted by Crippen LogP contribution is -2.47. The number of nitrogens with one attached hydrogen (secondary N) is 1. The van der Waals surface area contributed by atoms with Crippen molar-refractivity contribution < 1.29 is 13.2 Å². The molecule has 0 saturated heterocycles. The van der Waals surface area contributed by atoms with Crippen LogP contribution in [0.1, 0.15) is 5.56 Å². The Bertz CT molecular complexity index is 370. The summed E-state index contributed by atoms with van der Waals surface area (Å²) in [6.45, 7) is 0. The van der Waals surface area contributed by atoms with Crippen molar-refractivity contribution in [3.8, 4) is 0 Å². The van der Waals surface area contributed by atoms with Crippen molar-refractivity contribution in [1.29, 1.82) is 0 Å². The zero-order valence-electron chi connectivity index (χ0n) is 7.98. The lowest BCUT2D eigenvalue weighted by atomic mass is 10.1. The molecule has 0 spiro atoms. The number of hydrazine groups is 1. The molecule has 0 aromatic heterocycles. The van der Waals surface area contributed by atoms with E-state index >= 15 is 0 Å². The molecule has 0 bridgehead atoms. The molecular weight excluding hydrogens is 308 g/mol. The molecule has 0 aliphatic rings. The minimum Gasteiger partial charge on any atom is -0.271 e. The van der Waals surface area contributed by atoms with Crippen molar-refractivity contribution >= 4 is 27.5 Å². The van der Waals surface area contributed by atoms with Crippen molar-refractivity contribution in [2.75, 3.05) is 0 Å². The molecular formula is C9H9BrClF3N2. The van der Waals surface area contributed by atoms with Crippen LogP contribution in [0.4, 0.5) is 13.2 Å². The van der Waals surface area contributed by atoms with Crippen molar-refractivity contribution in [3.05, 3.63) is 34.1 Å². The van der Waals surface area contributed by atoms with Crippen molar-refractivity contribution in [1.82, 2.24) is 5.43 Å². The standard InChI is InChI=1S/C9H9BrClF3N2/c10-8-5(2-1-3-6(8)12)4-7(16-15)9(11,13)14/h1-3,7,16H,4,15H2. The quantitative estimate of drug-likeness (QED) is 0.509. The third-order valence-electron chi connectivity index (χ3n) is 2.05. The second-order valence-corrected chi connectivity index (χ2v) is 4.47. The zero-order valence-corrected chi connectivity index (χ0v) is 10.3. The van der Waals surface area contributed by atoms with Gasteiger partial charge in [-0.15, -0.1) is 0 Å². The number of rotatable bonds is 4. The Morgan fingerprint density at radius 2 is 2.12 bits per heavy atom. The van der Waals surface area contributed by atoms with Gasteiger partial charge in [0.15, 0.2) is 0 Å². The summed E-state index contributed by atoms with van der Waals surface area (Å²) < 4.78 is 38.9. The molecule has 0 radical (unpaired) electrons. The van der Waals surface area contributed by atoms with E-state index in [1.54, 1.807) is 0 Å². The Labute approximate surface area is 104 Å². The van der Waals surface area contributed by atoms with E-state index in [1.165, 1.54) is 18.2 Å². The predicted molar refractivity (Wildman–Crippen MR) is 59.7 cm³/mol. The van der Waals surface area contributed by atoms with Gasteiger partial charge in [-0.1, -0.05) is 12.1 Å². The SMILES string of the molecule is NNC(Cc1cccc(F)c1Br)C(F)(F)Cl. The van der Waals surface area contributed by atoms with E-state index in [9.17, 15) is 13.2 Å². The Balaban J connectivity index is 2.91. The van der Waals surface area contributed by atoms with Crippen LogP contribution in [-0.4, -0.2) is 11.4 Å². The summed E-state index contributed by atoms with van der Waals surface area (Å²) in [5.41, 5.74) is 2.28. The van der Waals surface area contributed by atoms with Gasteiger partial charge in [0, 0.05) is 0 Å². The van der Waals surface area contributed by atoms with Gasteiger partial charge in [0.05, 0.1) is 4.47 Å². The third kappa shape index (κ3) is 3.35. The van der Waals surface area contributed by atoms with Gasteiger partial charge in [-0.3, -0.25) is 5.84 Å². The van der Waals surface area contributed by atoms with Gasteiger partial charge in [-0.25, -0.2) is 9.82 Å². The molecule has 0 fully saturated rings. The lowest BCUT2D eigenvalue weighted by molar-refractivity contribution is 0.0502. The minimum atomic E-state index is -3.50. The molecule has 0 amide bonds. The van der Waals surface area contributed by atoms with Crippen molar-refractivity contribution in [2.24, 2.45) is 5.84 Å². The van der Waals surface area contributed by atoms with Gasteiger partial charge in [-0.2, -0.15) is 8.78 Å². The largest absolute Gasteiger partial charge is 0.338 e. The van der Waals surface area contributed by atoms with Crippen LogP contribution in [0.15, 0.2) is 22.7 Å². The molecule has 1 aromatic rings. The van der Waals surface area contributed by atoms with Gasteiger partial charge >= 0.3 is 5.38 Å². The number of benzene rings is 1. The van der Waals surface area contributed by atoms with Gasteiger partial charge in [-0.05, 0) is 45.6 Å². The number of alkyl halides is 3. The molecule has 0 saturated carbocycles. The molecule has 3 N–H and O–H groups in total. The summed E-state index contributed by atoms with van der Waals surface area (Å²) in [4.78, 5) is 0. The number of hydrogen-bond donors (Lipinski definition) is 2. The van der Waals surface area contributed by atoms with Crippen LogP contribution in [0.3, 0.4) is 0 Å². The van der Waals surface area contributed by atoms with Crippen molar-refractivity contribution in [3.63, 3.8) is 0 Å². The maximum atomic E-state index is 13.1. The van der Waals surface area contributed by atoms with E-state index in [0.29, 0.717) is 5.56 Å². The Kier molecular flexibility index (Phi) is 4.61. The molecule has 0 heterocycles. The predicted octanol–water partition coefficient (Wildman–Crippen LogP) is 2.79. The molecule has 1 rings (SSSR count). The van der Waals surface area contributed by atoms with E-state index in [0.717, 1.165) is 0 Å². The monoisotopic (exact) mass is 316 g/mol. The molecule has 90 valence electrons. The first kappa shape index (κ1) is 13.8. The maximum absolute atomic E-state index is 13.1. The topological polar surface area (TPSA) is 38.0 Å². The van der Waals surface area contributed by atoms with Crippen LogP contribution >= 0.6 is 27.5 Å². The Morgan fingerprint density at radius 3 is 2.62 bits per heavy atom. The van der Waals surface area contributed by atoms with Crippen LogP contribution in [0, 0.1) is 5.82 Å². The van der Waals surface area contributed by atoms with Crippen molar-refractivity contribution in [2.45, 2.75) is 17.8 Å². The van der Waals surface area contributed by atoms with Gasteiger partial charge in [0.2, 0.25) is 0 Å². The molecule has 1 atom stereocenters. The number of halogens is 5. The normalized spacial score (nSPS) is 13.9. The molecule has 7 heteroatoms. The highest BCUT2D eigenvalue weighted by Crippen LogP contribution is 2.28. The molecule has 1 aromatic carbocycles. The lowest BCUT2D eigenvalue weighted by Gasteiger charge is -2.21. The molecule has 16 heavy (non-hydrogen) atoms. The average Bonchev–Trinajstić information content (AvgIpc) is 2.18. The summed E-state index contributed by atoms with van der Waals surface area (Å²) in [5.74, 6) is 4.45. The van der Waals surface area contributed by atoms with Gasteiger partial charge < -0.3 is 0 Å². The second kappa shape index (κ2) is 5.35. The molecule has 0 aliphatic carbocycles. The third-order valence-corrected chi connectivity index (χ3v) is 3.20. The highest BCUT2D eigenvalue weighted by Gasteiger charge is 2.36. The highest BCUT2D eigenvalue weighted by molar-refractivity contribution is 9.10. The fraction of sp³-hybridized carbons (Fsp3) is 0.333. The second-order valence-electron chi connectivity index (χ2n) is 3.18. The summed E-state index contributed by atoms with van der Waals surface area (Å²) in [7, 11) is 0. The van der Waals surface area contributed by atoms with Crippen LogP contribution in [0.25, 0.3) is 0 Å². The van der Waals surface area contributed by atoms with Gasteiger partial charge in [0.1, 0.15) is 11.9 Å². The first-order valence-corrected chi connectivity index (χ1v) is 5.49. The zero-order chi connectivity index (χ0) is 12.3. The summed E-state index contributed by atoms with van der Waals surface area (Å²) in [5, 5.41) is -3.50. The van der Waals surface area contributed by atoms with Crippen LogP contribution in [0.5, 0.6) is 0 Å². The fourth-order valence-electron chi connectivity index (χ4n) is 1.20. The Morgan fingerprint density at radius 1 is 1.50 bits per heavy atom. The number of hydrogen-bond acceptors (Lipinski definition) is 2. The van der Waals surface area contributed by atoms with Gasteiger partial charge in [0.25, 0.3) is 0 Å². The molecule has 2 nitrogen and oxygen atoms in total. The van der Waals surface area contributed by atoms with E-state index < -0.39 is 17.2 Å². The van der Waals surface area contributed by atoms with E-state index in [4.69, 9.17) is 17.4 Å². The summed E-state index contributed by atoms with van der Waals surface area (Å²) >= 11 is 7.83. The fourth-order valence-corrected chi connectivity index (χ4v) is 1.76. The highest BCUT2D eigenvalue weighted by atomic mass is 79.9. The first-order chi connectivity index (χ1) is 7.36. The first-order valence-electron chi connectivity index (χ1n) is 4.32. The summed E-state index contributed by atoms with van der Waals surface area (Å²) in [6.07, 6.45) is -0.189. The van der Waals surface area contributed by atoms with E-state index in [-0.39, 0.29) is 10.9 Å². The average molecular weight is 318 g/mol. The Hall–Kier alpha value is -0.300. The van der Waals surface area contributed by atoms with Crippen LogP contribution in [-0.2, 0) is 6.42 Å². The smallest absolute Gasteiger partial charge is 0.271 e. The summed E-state index contributed by atoms with van der Waals surface area (Å²) in [6, 6.07) is 2.69. The molecule has 1 unspecified atom stereocenters. The minimum absolute atomic E-state index is 0.135. The van der Waals surface area contributed by atoms with Crippen LogP contribution in [0.2, 0.25) is 0 Å². The number of nitrogens with two attached hydrogens (primary N) is 1. The van der Waals surface area contributed by atoms with E-state index in [2.05, 4.69) is 15.9 Å². The maximum Gasteiger partial charge on any atom is 0.338 e. The molecule has 0 aliphatic heterocycles. The van der Waals surface area contributed by atoms with E-state index in [1.807, 2.05) is 5.43 Å².